The van der Waals surface area contributed by atoms with Crippen molar-refractivity contribution < 1.29 is 29.0 Å². The number of hydrogen-bond acceptors (Lipinski definition) is 5. The third kappa shape index (κ3) is 5.34. The fourth-order valence-corrected chi connectivity index (χ4v) is 1.78. The summed E-state index contributed by atoms with van der Waals surface area (Å²) in [6.07, 6.45) is 1.41. The number of hydroxylamine groups is 1. The SMILES string of the molecule is COCC(CC1CC1)(ONC(=O)OC(C)(C)C)C(=O)O. The molecule has 1 amide bonds. The van der Waals surface area contributed by atoms with Crippen molar-refractivity contribution in [3.63, 3.8) is 0 Å². The van der Waals surface area contributed by atoms with Crippen LogP contribution in [0.2, 0.25) is 0 Å². The van der Waals surface area contributed by atoms with Gasteiger partial charge in [-0.2, -0.15) is 5.48 Å². The van der Waals surface area contributed by atoms with Crippen molar-refractivity contribution in [3.05, 3.63) is 0 Å². The minimum Gasteiger partial charge on any atom is -0.479 e. The molecule has 1 aliphatic carbocycles. The first-order valence-electron chi connectivity index (χ1n) is 6.58. The highest BCUT2D eigenvalue weighted by molar-refractivity contribution is 5.78. The summed E-state index contributed by atoms with van der Waals surface area (Å²) in [7, 11) is 1.39. The highest BCUT2D eigenvalue weighted by Crippen LogP contribution is 2.38. The summed E-state index contributed by atoms with van der Waals surface area (Å²) >= 11 is 0. The monoisotopic (exact) mass is 289 g/mol. The molecule has 1 aliphatic rings. The summed E-state index contributed by atoms with van der Waals surface area (Å²) in [4.78, 5) is 28.2. The van der Waals surface area contributed by atoms with Crippen LogP contribution in [-0.4, -0.2) is 42.1 Å². The second-order valence-corrected chi connectivity index (χ2v) is 6.09. The molecule has 1 rings (SSSR count). The van der Waals surface area contributed by atoms with Crippen molar-refractivity contribution in [2.75, 3.05) is 13.7 Å². The first kappa shape index (κ1) is 16.7. The predicted molar refractivity (Wildman–Crippen MR) is 70.0 cm³/mol. The molecule has 1 fully saturated rings. The summed E-state index contributed by atoms with van der Waals surface area (Å²) in [5.41, 5.74) is -0.203. The van der Waals surface area contributed by atoms with Gasteiger partial charge in [0.25, 0.3) is 0 Å². The van der Waals surface area contributed by atoms with Gasteiger partial charge in [-0.25, -0.2) is 14.4 Å². The average Bonchev–Trinajstić information content (AvgIpc) is 3.07. The molecule has 7 heteroatoms. The van der Waals surface area contributed by atoms with E-state index in [1.165, 1.54) is 7.11 Å². The van der Waals surface area contributed by atoms with Crippen molar-refractivity contribution >= 4 is 12.1 Å². The maximum absolute atomic E-state index is 11.5. The molecule has 20 heavy (non-hydrogen) atoms. The highest BCUT2D eigenvalue weighted by atomic mass is 16.7. The lowest BCUT2D eigenvalue weighted by Crippen LogP contribution is -2.51. The molecule has 0 aliphatic heterocycles. The number of ether oxygens (including phenoxy) is 2. The first-order chi connectivity index (χ1) is 9.18. The molecule has 1 unspecified atom stereocenters. The number of aliphatic carboxylic acids is 1. The van der Waals surface area contributed by atoms with Crippen molar-refractivity contribution in [3.8, 4) is 0 Å². The molecule has 2 N–H and O–H groups in total. The molecular formula is C13H23NO6. The predicted octanol–water partition coefficient (Wildman–Crippen LogP) is 1.71. The average molecular weight is 289 g/mol. The Hall–Kier alpha value is -1.34. The number of hydrogen-bond donors (Lipinski definition) is 2. The van der Waals surface area contributed by atoms with Gasteiger partial charge < -0.3 is 14.6 Å². The Labute approximate surface area is 118 Å². The fraction of sp³-hybridized carbons (Fsp3) is 0.846. The fourth-order valence-electron chi connectivity index (χ4n) is 1.78. The Morgan fingerprint density at radius 3 is 2.30 bits per heavy atom. The Bertz CT molecular complexity index is 360. The number of rotatable bonds is 7. The van der Waals surface area contributed by atoms with Crippen LogP contribution in [0.15, 0.2) is 0 Å². The van der Waals surface area contributed by atoms with E-state index in [-0.39, 0.29) is 6.61 Å². The van der Waals surface area contributed by atoms with Crippen LogP contribution in [0.5, 0.6) is 0 Å². The van der Waals surface area contributed by atoms with E-state index in [4.69, 9.17) is 14.3 Å². The molecule has 0 saturated heterocycles. The summed E-state index contributed by atoms with van der Waals surface area (Å²) in [6.45, 7) is 4.97. The quantitative estimate of drug-likeness (QED) is 0.693. The van der Waals surface area contributed by atoms with Gasteiger partial charge in [-0.05, 0) is 33.1 Å². The molecule has 0 aromatic carbocycles. The minimum atomic E-state index is -1.58. The van der Waals surface area contributed by atoms with Crippen LogP contribution in [-0.2, 0) is 19.1 Å². The Balaban J connectivity index is 2.63. The van der Waals surface area contributed by atoms with E-state index in [0.29, 0.717) is 12.3 Å². The zero-order valence-corrected chi connectivity index (χ0v) is 12.4. The number of amides is 1. The molecule has 0 bridgehead atoms. The van der Waals surface area contributed by atoms with Crippen LogP contribution in [0.25, 0.3) is 0 Å². The number of carbonyl (C=O) groups excluding carboxylic acids is 1. The van der Waals surface area contributed by atoms with Crippen LogP contribution in [0.4, 0.5) is 4.79 Å². The summed E-state index contributed by atoms with van der Waals surface area (Å²) < 4.78 is 9.94. The van der Waals surface area contributed by atoms with Crippen LogP contribution < -0.4 is 5.48 Å². The molecule has 0 spiro atoms. The lowest BCUT2D eigenvalue weighted by molar-refractivity contribution is -0.187. The Morgan fingerprint density at radius 1 is 1.30 bits per heavy atom. The largest absolute Gasteiger partial charge is 0.479 e. The molecular weight excluding hydrogens is 266 g/mol. The van der Waals surface area contributed by atoms with Gasteiger partial charge >= 0.3 is 12.1 Å². The molecule has 116 valence electrons. The van der Waals surface area contributed by atoms with Gasteiger partial charge in [0.05, 0.1) is 6.61 Å². The van der Waals surface area contributed by atoms with Gasteiger partial charge in [-0.3, -0.25) is 0 Å². The van der Waals surface area contributed by atoms with Crippen molar-refractivity contribution in [1.29, 1.82) is 0 Å². The molecule has 0 radical (unpaired) electrons. The van der Waals surface area contributed by atoms with E-state index in [0.717, 1.165) is 12.8 Å². The van der Waals surface area contributed by atoms with Crippen LogP contribution in [0, 0.1) is 5.92 Å². The molecule has 1 atom stereocenters. The second kappa shape index (κ2) is 6.41. The van der Waals surface area contributed by atoms with Gasteiger partial charge in [-0.1, -0.05) is 12.8 Å². The smallest absolute Gasteiger partial charge is 0.431 e. The van der Waals surface area contributed by atoms with E-state index in [9.17, 15) is 14.7 Å². The Morgan fingerprint density at radius 2 is 1.90 bits per heavy atom. The highest BCUT2D eigenvalue weighted by Gasteiger charge is 2.46. The van der Waals surface area contributed by atoms with E-state index >= 15 is 0 Å². The number of nitrogens with one attached hydrogen (secondary N) is 1. The summed E-state index contributed by atoms with van der Waals surface area (Å²) in [5, 5.41) is 9.38. The third-order valence-electron chi connectivity index (χ3n) is 2.81. The van der Waals surface area contributed by atoms with Gasteiger partial charge in [0, 0.05) is 7.11 Å². The van der Waals surface area contributed by atoms with Crippen LogP contribution in [0.1, 0.15) is 40.0 Å². The molecule has 0 aromatic heterocycles. The standard InChI is InChI=1S/C13H23NO6/c1-12(2,3)19-11(17)14-20-13(8-18-4,10(15)16)7-9-5-6-9/h9H,5-8H2,1-4H3,(H,14,17)(H,15,16). The molecule has 1 saturated carbocycles. The molecule has 0 aromatic rings. The maximum atomic E-state index is 11.5. The zero-order valence-electron chi connectivity index (χ0n) is 12.4. The van der Waals surface area contributed by atoms with Gasteiger partial charge in [-0.15, -0.1) is 0 Å². The van der Waals surface area contributed by atoms with Crippen LogP contribution >= 0.6 is 0 Å². The number of carboxylic acid groups (broad SMARTS) is 1. The number of carboxylic acids is 1. The second-order valence-electron chi connectivity index (χ2n) is 6.09. The number of methoxy groups -OCH3 is 1. The summed E-state index contributed by atoms with van der Waals surface area (Å²) in [5.74, 6) is -0.871. The molecule has 7 nitrogen and oxygen atoms in total. The van der Waals surface area contributed by atoms with E-state index < -0.39 is 23.3 Å². The topological polar surface area (TPSA) is 94.1 Å². The normalized spacial score (nSPS) is 18.2. The lowest BCUT2D eigenvalue weighted by atomic mass is 9.98. The minimum absolute atomic E-state index is 0.144. The molecule has 0 heterocycles. The third-order valence-corrected chi connectivity index (χ3v) is 2.81. The number of carbonyl (C=O) groups is 2. The van der Waals surface area contributed by atoms with Crippen LogP contribution in [0.3, 0.4) is 0 Å². The maximum Gasteiger partial charge on any atom is 0.431 e. The van der Waals surface area contributed by atoms with E-state index in [2.05, 4.69) is 5.48 Å². The van der Waals surface area contributed by atoms with Gasteiger partial charge in [0.1, 0.15) is 5.60 Å². The van der Waals surface area contributed by atoms with Crippen molar-refractivity contribution in [2.24, 2.45) is 5.92 Å². The summed E-state index contributed by atoms with van der Waals surface area (Å²) in [6, 6.07) is 0. The van der Waals surface area contributed by atoms with E-state index in [1.807, 2.05) is 0 Å². The lowest BCUT2D eigenvalue weighted by Gasteiger charge is -2.29. The van der Waals surface area contributed by atoms with Gasteiger partial charge in [0.15, 0.2) is 0 Å². The van der Waals surface area contributed by atoms with Crippen molar-refractivity contribution in [1.82, 2.24) is 5.48 Å². The first-order valence-corrected chi connectivity index (χ1v) is 6.58. The van der Waals surface area contributed by atoms with Gasteiger partial charge in [0.2, 0.25) is 5.60 Å². The Kier molecular flexibility index (Phi) is 5.35. The zero-order chi connectivity index (χ0) is 15.4. The van der Waals surface area contributed by atoms with E-state index in [1.54, 1.807) is 20.8 Å². The van der Waals surface area contributed by atoms with Crippen molar-refractivity contribution in [2.45, 2.75) is 51.2 Å².